The van der Waals surface area contributed by atoms with Crippen LogP contribution in [0.15, 0.2) is 6.20 Å². The third-order valence-corrected chi connectivity index (χ3v) is 3.72. The number of rotatable bonds is 3. The standard InChI is InChI=1S/C13H22N4O.ClH/c1-8(12-7-17(3)16-9(12)2)15-13(18)10-4-5-11(14)6-10;/h7-8,10-11H,4-6,14H2,1-3H3,(H,15,18);1H. The van der Waals surface area contributed by atoms with Crippen molar-refractivity contribution in [2.45, 2.75) is 45.2 Å². The predicted octanol–water partition coefficient (Wildman–Crippen LogP) is 1.45. The molecular weight excluding hydrogens is 264 g/mol. The summed E-state index contributed by atoms with van der Waals surface area (Å²) < 4.78 is 1.78. The van der Waals surface area contributed by atoms with E-state index in [1.54, 1.807) is 4.68 Å². The molecule has 3 atom stereocenters. The van der Waals surface area contributed by atoms with Crippen molar-refractivity contribution in [3.63, 3.8) is 0 Å². The Kier molecular flexibility index (Phi) is 5.38. The second-order valence-corrected chi connectivity index (χ2v) is 5.34. The molecule has 2 rings (SSSR count). The van der Waals surface area contributed by atoms with Crippen LogP contribution in [0.25, 0.3) is 0 Å². The van der Waals surface area contributed by atoms with Gasteiger partial charge in [-0.25, -0.2) is 0 Å². The van der Waals surface area contributed by atoms with Crippen molar-refractivity contribution < 1.29 is 4.79 Å². The van der Waals surface area contributed by atoms with Crippen molar-refractivity contribution in [2.75, 3.05) is 0 Å². The van der Waals surface area contributed by atoms with Crippen LogP contribution in [0.3, 0.4) is 0 Å². The molecule has 1 aromatic heterocycles. The van der Waals surface area contributed by atoms with Gasteiger partial charge in [-0.3, -0.25) is 9.48 Å². The van der Waals surface area contributed by atoms with Crippen molar-refractivity contribution in [1.29, 1.82) is 0 Å². The fourth-order valence-corrected chi connectivity index (χ4v) is 2.71. The number of carbonyl (C=O) groups excluding carboxylic acids is 1. The van der Waals surface area contributed by atoms with Gasteiger partial charge in [0.25, 0.3) is 0 Å². The zero-order chi connectivity index (χ0) is 13.3. The van der Waals surface area contributed by atoms with Gasteiger partial charge in [0.1, 0.15) is 0 Å². The lowest BCUT2D eigenvalue weighted by Gasteiger charge is -2.16. The van der Waals surface area contributed by atoms with Crippen LogP contribution < -0.4 is 11.1 Å². The second kappa shape index (κ2) is 6.39. The van der Waals surface area contributed by atoms with Crippen LogP contribution in [0.1, 0.15) is 43.5 Å². The summed E-state index contributed by atoms with van der Waals surface area (Å²) in [6.45, 7) is 3.96. The summed E-state index contributed by atoms with van der Waals surface area (Å²) in [4.78, 5) is 12.1. The Morgan fingerprint density at radius 2 is 2.26 bits per heavy atom. The summed E-state index contributed by atoms with van der Waals surface area (Å²) in [5.41, 5.74) is 7.88. The number of hydrogen-bond acceptors (Lipinski definition) is 3. The summed E-state index contributed by atoms with van der Waals surface area (Å²) >= 11 is 0. The highest BCUT2D eigenvalue weighted by Crippen LogP contribution is 2.25. The van der Waals surface area contributed by atoms with Crippen LogP contribution in [0, 0.1) is 12.8 Å². The van der Waals surface area contributed by atoms with E-state index in [9.17, 15) is 4.79 Å². The number of amides is 1. The fourth-order valence-electron chi connectivity index (χ4n) is 2.71. The van der Waals surface area contributed by atoms with Gasteiger partial charge in [-0.2, -0.15) is 5.10 Å². The summed E-state index contributed by atoms with van der Waals surface area (Å²) in [7, 11) is 1.89. The lowest BCUT2D eigenvalue weighted by atomic mass is 10.0. The number of nitrogens with one attached hydrogen (secondary N) is 1. The largest absolute Gasteiger partial charge is 0.349 e. The number of aryl methyl sites for hydroxylation is 2. The minimum absolute atomic E-state index is 0. The number of nitrogens with two attached hydrogens (primary N) is 1. The van der Waals surface area contributed by atoms with E-state index in [1.165, 1.54) is 0 Å². The Morgan fingerprint density at radius 3 is 2.74 bits per heavy atom. The van der Waals surface area contributed by atoms with E-state index in [1.807, 2.05) is 27.1 Å². The van der Waals surface area contributed by atoms with E-state index in [0.717, 1.165) is 30.5 Å². The molecule has 6 heteroatoms. The van der Waals surface area contributed by atoms with Crippen LogP contribution in [-0.2, 0) is 11.8 Å². The molecule has 19 heavy (non-hydrogen) atoms. The average Bonchev–Trinajstić information content (AvgIpc) is 2.84. The zero-order valence-corrected chi connectivity index (χ0v) is 12.5. The van der Waals surface area contributed by atoms with E-state index < -0.39 is 0 Å². The van der Waals surface area contributed by atoms with Crippen molar-refractivity contribution in [1.82, 2.24) is 15.1 Å². The molecule has 0 aliphatic heterocycles. The van der Waals surface area contributed by atoms with Gasteiger partial charge in [0, 0.05) is 30.8 Å². The van der Waals surface area contributed by atoms with Crippen molar-refractivity contribution in [2.24, 2.45) is 18.7 Å². The number of carbonyl (C=O) groups is 1. The molecule has 1 aliphatic rings. The molecule has 0 spiro atoms. The maximum atomic E-state index is 12.1. The maximum Gasteiger partial charge on any atom is 0.223 e. The number of halogens is 1. The van der Waals surface area contributed by atoms with Gasteiger partial charge in [0.05, 0.1) is 11.7 Å². The van der Waals surface area contributed by atoms with Gasteiger partial charge in [-0.1, -0.05) is 0 Å². The van der Waals surface area contributed by atoms with Crippen LogP contribution in [0.4, 0.5) is 0 Å². The topological polar surface area (TPSA) is 72.9 Å². The number of nitrogens with zero attached hydrogens (tertiary/aromatic N) is 2. The number of hydrogen-bond donors (Lipinski definition) is 2. The first-order valence-electron chi connectivity index (χ1n) is 6.53. The van der Waals surface area contributed by atoms with Crippen LogP contribution in [0.2, 0.25) is 0 Å². The molecule has 0 aromatic carbocycles. The third kappa shape index (κ3) is 3.70. The molecule has 3 unspecified atom stereocenters. The first-order valence-corrected chi connectivity index (χ1v) is 6.53. The van der Waals surface area contributed by atoms with Gasteiger partial charge < -0.3 is 11.1 Å². The van der Waals surface area contributed by atoms with Gasteiger partial charge in [-0.15, -0.1) is 12.4 Å². The summed E-state index contributed by atoms with van der Waals surface area (Å²) in [5, 5.41) is 7.36. The normalized spacial score (nSPS) is 23.8. The minimum atomic E-state index is 0. The number of aromatic nitrogens is 2. The Morgan fingerprint density at radius 1 is 1.58 bits per heavy atom. The molecule has 1 heterocycles. The summed E-state index contributed by atoms with van der Waals surface area (Å²) in [6, 6.07) is 0.194. The molecule has 108 valence electrons. The van der Waals surface area contributed by atoms with Gasteiger partial charge in [0.15, 0.2) is 0 Å². The molecule has 1 amide bonds. The lowest BCUT2D eigenvalue weighted by Crippen LogP contribution is -2.32. The van der Waals surface area contributed by atoms with Gasteiger partial charge in [-0.05, 0) is 33.1 Å². The van der Waals surface area contributed by atoms with E-state index in [-0.39, 0.29) is 36.3 Å². The van der Waals surface area contributed by atoms with E-state index in [4.69, 9.17) is 5.73 Å². The molecule has 1 fully saturated rings. The molecule has 5 nitrogen and oxygen atoms in total. The van der Waals surface area contributed by atoms with Crippen LogP contribution in [-0.4, -0.2) is 21.7 Å². The highest BCUT2D eigenvalue weighted by atomic mass is 35.5. The zero-order valence-electron chi connectivity index (χ0n) is 11.7. The molecule has 1 aromatic rings. The SMILES string of the molecule is Cc1nn(C)cc1C(C)NC(=O)C1CCC(N)C1.Cl. The maximum absolute atomic E-state index is 12.1. The fraction of sp³-hybridized carbons (Fsp3) is 0.692. The van der Waals surface area contributed by atoms with Crippen molar-refractivity contribution in [3.8, 4) is 0 Å². The van der Waals surface area contributed by atoms with Gasteiger partial charge in [0.2, 0.25) is 5.91 Å². The van der Waals surface area contributed by atoms with E-state index >= 15 is 0 Å². The lowest BCUT2D eigenvalue weighted by molar-refractivity contribution is -0.125. The summed E-state index contributed by atoms with van der Waals surface area (Å²) in [6.07, 6.45) is 4.63. The Bertz CT molecular complexity index is 446. The third-order valence-electron chi connectivity index (χ3n) is 3.72. The molecule has 1 aliphatic carbocycles. The monoisotopic (exact) mass is 286 g/mol. The molecule has 0 bridgehead atoms. The predicted molar refractivity (Wildman–Crippen MR) is 77.1 cm³/mol. The summed E-state index contributed by atoms with van der Waals surface area (Å²) in [5.74, 6) is 0.207. The van der Waals surface area contributed by atoms with E-state index in [2.05, 4.69) is 10.4 Å². The van der Waals surface area contributed by atoms with Crippen LogP contribution in [0.5, 0.6) is 0 Å². The highest BCUT2D eigenvalue weighted by Gasteiger charge is 2.28. The minimum Gasteiger partial charge on any atom is -0.349 e. The van der Waals surface area contributed by atoms with E-state index in [0.29, 0.717) is 0 Å². The quantitative estimate of drug-likeness (QED) is 0.883. The van der Waals surface area contributed by atoms with Crippen LogP contribution >= 0.6 is 12.4 Å². The highest BCUT2D eigenvalue weighted by molar-refractivity contribution is 5.85. The Balaban J connectivity index is 0.00000180. The Hall–Kier alpha value is -1.07. The second-order valence-electron chi connectivity index (χ2n) is 5.34. The first kappa shape index (κ1) is 16.0. The first-order chi connectivity index (χ1) is 8.47. The van der Waals surface area contributed by atoms with Crippen molar-refractivity contribution in [3.05, 3.63) is 17.5 Å². The molecule has 3 N–H and O–H groups in total. The van der Waals surface area contributed by atoms with Gasteiger partial charge >= 0.3 is 0 Å². The smallest absolute Gasteiger partial charge is 0.223 e. The molecular formula is C13H23ClN4O. The van der Waals surface area contributed by atoms with Crippen molar-refractivity contribution >= 4 is 18.3 Å². The Labute approximate surface area is 120 Å². The molecule has 1 saturated carbocycles. The molecule has 0 saturated heterocycles. The molecule has 0 radical (unpaired) electrons. The average molecular weight is 287 g/mol.